The minimum Gasteiger partial charge on any atom is -0.505 e. The second kappa shape index (κ2) is 14.7. The van der Waals surface area contributed by atoms with Crippen molar-refractivity contribution in [1.82, 2.24) is 5.32 Å². The van der Waals surface area contributed by atoms with Crippen LogP contribution in [0.15, 0.2) is 53.7 Å². The van der Waals surface area contributed by atoms with Crippen LogP contribution in [-0.2, 0) is 30.3 Å². The van der Waals surface area contributed by atoms with Crippen LogP contribution in [0.4, 0.5) is 5.69 Å². The molecule has 4 N–H and O–H groups in total. The van der Waals surface area contributed by atoms with Crippen LogP contribution in [0.3, 0.4) is 0 Å². The van der Waals surface area contributed by atoms with Crippen molar-refractivity contribution in [1.29, 1.82) is 0 Å². The molecule has 0 aromatic heterocycles. The number of esters is 1. The SMILES string of the molecule is CO[C@@H]1CC(=O)Nc2c(O)c3cc4c2[C@H](C=C/C=C/C[C@H](OC(=O)[C@@H](C)NC(=O)C2=CCCCC2)[C@H](C)[C@@H](O)/C(C)=C\CC3)[C@H]1O4. The highest BCUT2D eigenvalue weighted by atomic mass is 16.5. The van der Waals surface area contributed by atoms with Crippen LogP contribution >= 0.6 is 0 Å². The van der Waals surface area contributed by atoms with Crippen LogP contribution in [0.5, 0.6) is 11.5 Å². The molecular formula is C36H46N2O8. The number of fused-ring (bicyclic) bond motifs is 8. The van der Waals surface area contributed by atoms with E-state index >= 15 is 0 Å². The summed E-state index contributed by atoms with van der Waals surface area (Å²) in [6.07, 6.45) is 13.8. The van der Waals surface area contributed by atoms with Gasteiger partial charge in [-0.05, 0) is 64.0 Å². The van der Waals surface area contributed by atoms with Gasteiger partial charge in [-0.15, -0.1) is 0 Å². The van der Waals surface area contributed by atoms with Crippen LogP contribution in [0.1, 0.15) is 82.8 Å². The lowest BCUT2D eigenvalue weighted by Gasteiger charge is -2.29. The molecule has 1 aromatic carbocycles. The quantitative estimate of drug-likeness (QED) is 0.204. The first kappa shape index (κ1) is 33.5. The van der Waals surface area contributed by atoms with Crippen LogP contribution in [0, 0.1) is 5.92 Å². The van der Waals surface area contributed by atoms with E-state index in [-0.39, 0.29) is 29.9 Å². The Morgan fingerprint density at radius 3 is 2.67 bits per heavy atom. The Morgan fingerprint density at radius 1 is 1.13 bits per heavy atom. The molecular weight excluding hydrogens is 588 g/mol. The second-order valence-electron chi connectivity index (χ2n) is 12.8. The molecule has 0 radical (unpaired) electrons. The molecule has 3 aliphatic carbocycles. The largest absolute Gasteiger partial charge is 0.505 e. The molecule has 10 heteroatoms. The normalized spacial score (nSPS) is 30.4. The highest BCUT2D eigenvalue weighted by Gasteiger charge is 2.44. The van der Waals surface area contributed by atoms with Crippen LogP contribution in [0.2, 0.25) is 0 Å². The lowest BCUT2D eigenvalue weighted by molar-refractivity contribution is -0.156. The predicted octanol–water partition coefficient (Wildman–Crippen LogP) is 4.90. The van der Waals surface area contributed by atoms with Gasteiger partial charge in [0, 0.05) is 42.1 Å². The summed E-state index contributed by atoms with van der Waals surface area (Å²) in [6.45, 7) is 5.28. The molecule has 6 bridgehead atoms. The maximum atomic E-state index is 13.2. The number of allylic oxidation sites excluding steroid dienone is 4. The average Bonchev–Trinajstić information content (AvgIpc) is 3.42. The van der Waals surface area contributed by atoms with Gasteiger partial charge in [-0.25, -0.2) is 4.79 Å². The summed E-state index contributed by atoms with van der Waals surface area (Å²) in [5.41, 5.74) is 3.10. The fraction of sp³-hybridized carbons (Fsp3) is 0.528. The Balaban J connectivity index is 1.41. The molecule has 0 saturated carbocycles. The maximum absolute atomic E-state index is 13.2. The van der Waals surface area contributed by atoms with Crippen molar-refractivity contribution >= 4 is 23.5 Å². The highest BCUT2D eigenvalue weighted by Crippen LogP contribution is 2.51. The topological polar surface area (TPSA) is 143 Å². The van der Waals surface area contributed by atoms with Crippen molar-refractivity contribution in [3.05, 3.63) is 64.8 Å². The number of anilines is 1. The summed E-state index contributed by atoms with van der Waals surface area (Å²) in [4.78, 5) is 38.7. The number of aliphatic hydroxyl groups excluding tert-OH is 1. The molecule has 0 saturated heterocycles. The van der Waals surface area contributed by atoms with Gasteiger partial charge in [0.2, 0.25) is 11.8 Å². The molecule has 0 spiro atoms. The number of amides is 2. The summed E-state index contributed by atoms with van der Waals surface area (Å²) < 4.78 is 18.0. The number of aromatic hydroxyl groups is 1. The summed E-state index contributed by atoms with van der Waals surface area (Å²) in [7, 11) is 1.56. The first-order valence-electron chi connectivity index (χ1n) is 16.4. The molecule has 46 heavy (non-hydrogen) atoms. The van der Waals surface area contributed by atoms with Crippen LogP contribution in [-0.4, -0.2) is 65.6 Å². The second-order valence-corrected chi connectivity index (χ2v) is 12.8. The van der Waals surface area contributed by atoms with Gasteiger partial charge in [-0.2, -0.15) is 0 Å². The van der Waals surface area contributed by atoms with Crippen LogP contribution < -0.4 is 15.4 Å². The van der Waals surface area contributed by atoms with E-state index in [1.54, 1.807) is 14.0 Å². The Labute approximate surface area is 270 Å². The molecule has 1 aromatic rings. The molecule has 5 aliphatic rings. The summed E-state index contributed by atoms with van der Waals surface area (Å²) in [5.74, 6) is -1.20. The number of rotatable bonds is 5. The lowest BCUT2D eigenvalue weighted by atomic mass is 9.86. The summed E-state index contributed by atoms with van der Waals surface area (Å²) in [5, 5.41) is 28.3. The van der Waals surface area contributed by atoms with Gasteiger partial charge >= 0.3 is 5.97 Å². The number of methoxy groups -OCH3 is 1. The maximum Gasteiger partial charge on any atom is 0.328 e. The van der Waals surface area contributed by atoms with Gasteiger partial charge in [0.25, 0.3) is 0 Å². The van der Waals surface area contributed by atoms with Gasteiger partial charge in [-0.1, -0.05) is 43.4 Å². The van der Waals surface area contributed by atoms with E-state index in [4.69, 9.17) is 14.2 Å². The molecule has 2 heterocycles. The fourth-order valence-corrected chi connectivity index (χ4v) is 6.75. The number of phenols is 1. The van der Waals surface area contributed by atoms with Gasteiger partial charge in [0.15, 0.2) is 0 Å². The van der Waals surface area contributed by atoms with E-state index in [0.717, 1.165) is 19.3 Å². The number of hydrogen-bond acceptors (Lipinski definition) is 8. The number of nitrogens with one attached hydrogen (secondary N) is 2. The first-order valence-corrected chi connectivity index (χ1v) is 16.4. The number of carbonyl (C=O) groups is 3. The van der Waals surface area contributed by atoms with E-state index in [1.165, 1.54) is 0 Å². The zero-order valence-electron chi connectivity index (χ0n) is 27.1. The number of phenolic OH excluding ortho intramolecular Hbond substituents is 1. The molecule has 2 aliphatic heterocycles. The number of aryl methyl sites for hydroxylation is 1. The molecule has 7 atom stereocenters. The smallest absolute Gasteiger partial charge is 0.328 e. The fourth-order valence-electron chi connectivity index (χ4n) is 6.75. The third-order valence-corrected chi connectivity index (χ3v) is 9.57. The van der Waals surface area contributed by atoms with Gasteiger partial charge < -0.3 is 35.1 Å². The van der Waals surface area contributed by atoms with E-state index in [1.807, 2.05) is 56.4 Å². The average molecular weight is 635 g/mol. The Bertz CT molecular complexity index is 1460. The number of carbonyl (C=O) groups excluding carboxylic acids is 3. The van der Waals surface area contributed by atoms with Crippen LogP contribution in [0.25, 0.3) is 0 Å². The number of ether oxygens (including phenoxy) is 3. The third kappa shape index (κ3) is 7.23. The minimum absolute atomic E-state index is 0.0124. The monoisotopic (exact) mass is 634 g/mol. The standard InChI is InChI=1S/C36H46N2O8/c1-20-12-11-15-24-18-27-30-25(34(45-27)28(44-4)19-29(39)38-31(30)33(24)41)16-9-6-10-17-26(21(2)32(20)40)46-36(43)22(3)37-35(42)23-13-7-5-8-14-23/h6,9-10,12-13,16,18,21-22,25-26,28,32,34,40-41H,5,7-8,11,14-15,17,19H2,1-4H3,(H,37,42)(H,38,39)/b10-6+,16-9?,20-12-/t21-,22+,25-,26-,28+,32-,34+/m0/s1. The Hall–Kier alpha value is -3.89. The van der Waals surface area contributed by atoms with Gasteiger partial charge in [-0.3, -0.25) is 9.59 Å². The van der Waals surface area contributed by atoms with Crippen molar-refractivity contribution < 1.29 is 38.8 Å². The Kier molecular flexibility index (Phi) is 10.7. The Morgan fingerprint density at radius 2 is 1.93 bits per heavy atom. The van der Waals surface area contributed by atoms with Gasteiger partial charge in [0.05, 0.1) is 18.2 Å². The van der Waals surface area contributed by atoms with E-state index in [2.05, 4.69) is 10.6 Å². The van der Waals surface area contributed by atoms with E-state index in [0.29, 0.717) is 59.4 Å². The van der Waals surface area contributed by atoms with E-state index < -0.39 is 42.3 Å². The summed E-state index contributed by atoms with van der Waals surface area (Å²) in [6, 6.07) is 0.979. The first-order chi connectivity index (χ1) is 22.1. The molecule has 0 fully saturated rings. The van der Waals surface area contributed by atoms with Crippen molar-refractivity contribution in [2.45, 2.75) is 109 Å². The van der Waals surface area contributed by atoms with Crippen molar-refractivity contribution in [2.24, 2.45) is 5.92 Å². The molecule has 0 unspecified atom stereocenters. The number of aliphatic hydroxyl groups is 1. The van der Waals surface area contributed by atoms with Crippen molar-refractivity contribution in [3.8, 4) is 11.5 Å². The predicted molar refractivity (Wildman–Crippen MR) is 173 cm³/mol. The highest BCUT2D eigenvalue weighted by molar-refractivity contribution is 5.96. The zero-order chi connectivity index (χ0) is 33.0. The molecule has 6 rings (SSSR count). The minimum atomic E-state index is -0.899. The number of benzene rings is 1. The molecule has 2 amide bonds. The zero-order valence-corrected chi connectivity index (χ0v) is 27.1. The summed E-state index contributed by atoms with van der Waals surface area (Å²) >= 11 is 0. The number of hydrogen-bond donors (Lipinski definition) is 4. The molecule has 10 nitrogen and oxygen atoms in total. The molecule has 248 valence electrons. The lowest BCUT2D eigenvalue weighted by Crippen LogP contribution is -2.43. The van der Waals surface area contributed by atoms with E-state index in [9.17, 15) is 24.6 Å². The third-order valence-electron chi connectivity index (χ3n) is 9.57. The van der Waals surface area contributed by atoms with Gasteiger partial charge in [0.1, 0.15) is 35.9 Å². The van der Waals surface area contributed by atoms with Crippen molar-refractivity contribution in [2.75, 3.05) is 12.4 Å². The van der Waals surface area contributed by atoms with Crippen molar-refractivity contribution in [3.63, 3.8) is 0 Å².